The Bertz CT molecular complexity index is 1080. The minimum Gasteiger partial charge on any atom is -0.478 e. The normalized spacial score (nSPS) is 27.5. The van der Waals surface area contributed by atoms with Crippen LogP contribution in [-0.2, 0) is 19.2 Å². The van der Waals surface area contributed by atoms with E-state index in [0.29, 0.717) is 22.3 Å². The highest BCUT2D eigenvalue weighted by Gasteiger charge is 2.47. The lowest BCUT2D eigenvalue weighted by atomic mass is 9.64. The molecular weight excluding hydrogens is 488 g/mol. The van der Waals surface area contributed by atoms with Gasteiger partial charge in [0.25, 0.3) is 0 Å². The molecule has 0 aromatic rings. The third-order valence-electron chi connectivity index (χ3n) is 7.13. The van der Waals surface area contributed by atoms with Crippen LogP contribution in [0.4, 0.5) is 0 Å². The van der Waals surface area contributed by atoms with E-state index in [-0.39, 0.29) is 24.4 Å². The molecule has 208 valence electrons. The summed E-state index contributed by atoms with van der Waals surface area (Å²) >= 11 is 0. The van der Waals surface area contributed by atoms with E-state index < -0.39 is 34.0 Å². The van der Waals surface area contributed by atoms with E-state index in [4.69, 9.17) is 10.2 Å². The molecule has 4 N–H and O–H groups in total. The van der Waals surface area contributed by atoms with Crippen LogP contribution in [0.5, 0.6) is 0 Å². The Hall–Kier alpha value is -3.36. The zero-order valence-electron chi connectivity index (χ0n) is 23.5. The van der Waals surface area contributed by atoms with Gasteiger partial charge >= 0.3 is 11.9 Å². The number of hydrogen-bond donors (Lipinski definition) is 4. The van der Waals surface area contributed by atoms with Crippen LogP contribution in [0.1, 0.15) is 68.2 Å². The summed E-state index contributed by atoms with van der Waals surface area (Å²) in [5, 5.41) is 38.9. The second kappa shape index (κ2) is 12.0. The lowest BCUT2D eigenvalue weighted by molar-refractivity contribution is -0.132. The first-order valence-corrected chi connectivity index (χ1v) is 12.3. The number of carbonyl (C=O) groups excluding carboxylic acids is 2. The molecule has 38 heavy (non-hydrogen) atoms. The molecule has 0 aromatic heterocycles. The maximum absolute atomic E-state index is 11.6. The fourth-order valence-corrected chi connectivity index (χ4v) is 4.72. The van der Waals surface area contributed by atoms with Gasteiger partial charge in [-0.05, 0) is 74.3 Å². The number of carboxylic acid groups (broad SMARTS) is 2. The van der Waals surface area contributed by atoms with Gasteiger partial charge in [0.15, 0.2) is 11.6 Å². The summed E-state index contributed by atoms with van der Waals surface area (Å²) in [7, 11) is 0. The lowest BCUT2D eigenvalue weighted by Gasteiger charge is -2.44. The van der Waals surface area contributed by atoms with Crippen molar-refractivity contribution in [3.05, 3.63) is 70.9 Å². The van der Waals surface area contributed by atoms with E-state index in [1.807, 2.05) is 27.7 Å². The fraction of sp³-hybridized carbons (Fsp3) is 0.467. The van der Waals surface area contributed by atoms with Crippen molar-refractivity contribution in [1.29, 1.82) is 0 Å². The smallest absolute Gasteiger partial charge is 0.328 e. The standard InChI is InChI=1S/2C15H20O4/c2*1-10(7-13(17)18)5-6-15(19)11(2)8-12(16)9-14(15,3)4/h2*5-8,19H,9H2,1-4H3,(H,17,18)/t2*15-/m11/s1. The average molecular weight is 529 g/mol. The number of hydrogen-bond acceptors (Lipinski definition) is 6. The third kappa shape index (κ3) is 7.82. The highest BCUT2D eigenvalue weighted by Crippen LogP contribution is 2.45. The zero-order valence-corrected chi connectivity index (χ0v) is 23.5. The van der Waals surface area contributed by atoms with Gasteiger partial charge in [0, 0.05) is 35.8 Å². The number of carbonyl (C=O) groups is 4. The lowest BCUT2D eigenvalue weighted by Crippen LogP contribution is -2.48. The Labute approximate surface area is 224 Å². The predicted molar refractivity (Wildman–Crippen MR) is 145 cm³/mol. The first-order chi connectivity index (χ1) is 17.2. The molecule has 2 rings (SSSR count). The molecule has 0 saturated heterocycles. The molecule has 8 nitrogen and oxygen atoms in total. The fourth-order valence-electron chi connectivity index (χ4n) is 4.72. The van der Waals surface area contributed by atoms with Crippen LogP contribution in [0, 0.1) is 10.8 Å². The van der Waals surface area contributed by atoms with E-state index in [0.717, 1.165) is 12.2 Å². The van der Waals surface area contributed by atoms with Crippen molar-refractivity contribution in [3.63, 3.8) is 0 Å². The van der Waals surface area contributed by atoms with Crippen LogP contribution in [0.25, 0.3) is 0 Å². The van der Waals surface area contributed by atoms with Crippen LogP contribution >= 0.6 is 0 Å². The second-order valence-corrected chi connectivity index (χ2v) is 11.4. The van der Waals surface area contributed by atoms with Crippen molar-refractivity contribution in [2.24, 2.45) is 10.8 Å². The summed E-state index contributed by atoms with van der Waals surface area (Å²) in [4.78, 5) is 44.2. The highest BCUT2D eigenvalue weighted by atomic mass is 16.4. The summed E-state index contributed by atoms with van der Waals surface area (Å²) in [6, 6.07) is 0. The minimum absolute atomic E-state index is 0.00150. The van der Waals surface area contributed by atoms with Crippen LogP contribution in [0.2, 0.25) is 0 Å². The van der Waals surface area contributed by atoms with Gasteiger partial charge in [-0.25, -0.2) is 9.59 Å². The first-order valence-electron chi connectivity index (χ1n) is 12.3. The average Bonchev–Trinajstić information content (AvgIpc) is 2.72. The third-order valence-corrected chi connectivity index (χ3v) is 7.13. The molecule has 0 heterocycles. The predicted octanol–water partition coefficient (Wildman–Crippen LogP) is 4.50. The number of aliphatic carboxylic acids is 2. The van der Waals surface area contributed by atoms with Crippen molar-refractivity contribution < 1.29 is 39.6 Å². The van der Waals surface area contributed by atoms with Crippen molar-refractivity contribution >= 4 is 23.5 Å². The Morgan fingerprint density at radius 1 is 0.711 bits per heavy atom. The molecular formula is C30H40O8. The molecule has 0 amide bonds. The van der Waals surface area contributed by atoms with Gasteiger partial charge in [0.05, 0.1) is 0 Å². The molecule has 2 atom stereocenters. The number of allylic oxidation sites excluding steroid dienone is 6. The van der Waals surface area contributed by atoms with E-state index in [2.05, 4.69) is 0 Å². The summed E-state index contributed by atoms with van der Waals surface area (Å²) < 4.78 is 0. The summed E-state index contributed by atoms with van der Waals surface area (Å²) in [5.74, 6) is -2.06. The molecule has 2 aliphatic carbocycles. The van der Waals surface area contributed by atoms with Crippen LogP contribution in [0.3, 0.4) is 0 Å². The van der Waals surface area contributed by atoms with Crippen LogP contribution in [0.15, 0.2) is 70.9 Å². The summed E-state index contributed by atoms with van der Waals surface area (Å²) in [5.41, 5.74) is -1.52. The second-order valence-electron chi connectivity index (χ2n) is 11.4. The highest BCUT2D eigenvalue weighted by molar-refractivity contribution is 5.93. The van der Waals surface area contributed by atoms with E-state index in [9.17, 15) is 29.4 Å². The van der Waals surface area contributed by atoms with Gasteiger partial charge in [-0.1, -0.05) is 39.8 Å². The number of ketones is 2. The van der Waals surface area contributed by atoms with Gasteiger partial charge in [-0.15, -0.1) is 0 Å². The zero-order chi connectivity index (χ0) is 29.7. The molecule has 0 bridgehead atoms. The van der Waals surface area contributed by atoms with Gasteiger partial charge < -0.3 is 20.4 Å². The maximum Gasteiger partial charge on any atom is 0.328 e. The van der Waals surface area contributed by atoms with Crippen molar-refractivity contribution in [1.82, 2.24) is 0 Å². The number of aliphatic hydroxyl groups is 2. The Morgan fingerprint density at radius 2 is 1.00 bits per heavy atom. The van der Waals surface area contributed by atoms with Crippen molar-refractivity contribution in [2.45, 2.75) is 79.4 Å². The van der Waals surface area contributed by atoms with Gasteiger partial charge in [-0.2, -0.15) is 0 Å². The van der Waals surface area contributed by atoms with Crippen LogP contribution < -0.4 is 0 Å². The molecule has 2 aliphatic rings. The minimum atomic E-state index is -1.24. The Balaban J connectivity index is 0.000000380. The van der Waals surface area contributed by atoms with Gasteiger partial charge in [-0.3, -0.25) is 9.59 Å². The Kier molecular flexibility index (Phi) is 10.3. The maximum atomic E-state index is 11.6. The topological polar surface area (TPSA) is 149 Å². The van der Waals surface area contributed by atoms with Crippen molar-refractivity contribution in [2.75, 3.05) is 0 Å². The van der Waals surface area contributed by atoms with E-state index in [1.165, 1.54) is 12.2 Å². The SMILES string of the molecule is CC(C=C[C@@]1(O)C(C)=CC(=O)CC1(C)C)=CC(=O)O.CC(C=C[C@@]1(O)C(C)=CC(=O)CC1(C)C)=CC(=O)O. The molecule has 0 unspecified atom stereocenters. The van der Waals surface area contributed by atoms with Gasteiger partial charge in [0.1, 0.15) is 11.2 Å². The molecule has 0 spiro atoms. The molecule has 8 heteroatoms. The monoisotopic (exact) mass is 528 g/mol. The first kappa shape index (κ1) is 32.7. The quantitative estimate of drug-likeness (QED) is 0.291. The van der Waals surface area contributed by atoms with Gasteiger partial charge in [0.2, 0.25) is 0 Å². The van der Waals surface area contributed by atoms with Crippen molar-refractivity contribution in [3.8, 4) is 0 Å². The number of rotatable bonds is 6. The molecule has 0 fully saturated rings. The molecule has 0 aliphatic heterocycles. The molecule has 0 radical (unpaired) electrons. The summed E-state index contributed by atoms with van der Waals surface area (Å²) in [6.45, 7) is 14.0. The Morgan fingerprint density at radius 3 is 1.24 bits per heavy atom. The molecule has 0 aromatic carbocycles. The van der Waals surface area contributed by atoms with Crippen LogP contribution in [-0.4, -0.2) is 55.1 Å². The largest absolute Gasteiger partial charge is 0.478 e. The number of carboxylic acids is 2. The molecule has 0 saturated carbocycles. The van der Waals surface area contributed by atoms with E-state index in [1.54, 1.807) is 52.0 Å². The van der Waals surface area contributed by atoms with E-state index >= 15 is 0 Å². The summed E-state index contributed by atoms with van der Waals surface area (Å²) in [6.07, 6.45) is 11.8.